The van der Waals surface area contributed by atoms with E-state index >= 15 is 0 Å². The molecule has 0 N–H and O–H groups in total. The first-order chi connectivity index (χ1) is 4.74. The van der Waals surface area contributed by atoms with Crippen molar-refractivity contribution in [1.82, 2.24) is 0 Å². The Labute approximate surface area is 57.2 Å². The van der Waals surface area contributed by atoms with Crippen LogP contribution in [-0.2, 0) is 0 Å². The Kier molecular flexibility index (Phi) is 1.85. The van der Waals surface area contributed by atoms with Gasteiger partial charge in [0.1, 0.15) is 5.82 Å². The Morgan fingerprint density at radius 1 is 1.30 bits per heavy atom. The van der Waals surface area contributed by atoms with E-state index in [4.69, 9.17) is 0 Å². The molecule has 1 aromatic rings. The van der Waals surface area contributed by atoms with Gasteiger partial charge in [-0.1, -0.05) is 0 Å². The molecule has 10 heavy (non-hydrogen) atoms. The number of methoxy groups -OCH3 is 1. The van der Waals surface area contributed by atoms with Crippen LogP contribution in [0.25, 0.3) is 0 Å². The second kappa shape index (κ2) is 2.64. The Bertz CT molecular complexity index is 235. The summed E-state index contributed by atoms with van der Waals surface area (Å²) in [6, 6.07) is 3.06. The molecule has 0 saturated heterocycles. The summed E-state index contributed by atoms with van der Waals surface area (Å²) in [4.78, 5) is 0. The van der Waals surface area contributed by atoms with Gasteiger partial charge in [-0.15, -0.1) is 0 Å². The van der Waals surface area contributed by atoms with Gasteiger partial charge in [-0.05, 0) is 12.1 Å². The molecule has 0 atom stereocenters. The summed E-state index contributed by atoms with van der Waals surface area (Å²) in [6.45, 7) is 0. The minimum atomic E-state index is -0.552. The number of halogens is 2. The van der Waals surface area contributed by atoms with Crippen molar-refractivity contribution >= 4 is 0 Å². The molecule has 0 fully saturated rings. The number of hydrogen-bond acceptors (Lipinski definition) is 1. The smallest absolute Gasteiger partial charge is 0.165 e. The highest BCUT2D eigenvalue weighted by molar-refractivity contribution is 5.24. The highest BCUT2D eigenvalue weighted by atomic mass is 19.1. The van der Waals surface area contributed by atoms with Gasteiger partial charge in [-0.25, -0.2) is 8.78 Å². The summed E-state index contributed by atoms with van der Waals surface area (Å²) in [5.74, 6) is -1.12. The van der Waals surface area contributed by atoms with E-state index in [0.717, 1.165) is 18.2 Å². The van der Waals surface area contributed by atoms with Crippen LogP contribution in [-0.4, -0.2) is 7.11 Å². The van der Waals surface area contributed by atoms with Crippen LogP contribution < -0.4 is 4.74 Å². The Morgan fingerprint density at radius 2 is 2.00 bits per heavy atom. The summed E-state index contributed by atoms with van der Waals surface area (Å²) in [7, 11) is 1.29. The zero-order valence-electron chi connectivity index (χ0n) is 5.40. The molecule has 0 saturated carbocycles. The van der Waals surface area contributed by atoms with Crippen LogP contribution in [0.4, 0.5) is 8.78 Å². The fraction of sp³-hybridized carbons (Fsp3) is 0.143. The van der Waals surface area contributed by atoms with E-state index in [2.05, 4.69) is 4.74 Å². The first-order valence-corrected chi connectivity index (χ1v) is 2.73. The first kappa shape index (κ1) is 6.99. The van der Waals surface area contributed by atoms with Crippen molar-refractivity contribution in [2.24, 2.45) is 0 Å². The third-order valence-corrected chi connectivity index (χ3v) is 1.11. The first-order valence-electron chi connectivity index (χ1n) is 2.73. The average molecular weight is 144 g/mol. The lowest BCUT2D eigenvalue weighted by atomic mass is 10.3. The minimum Gasteiger partial charge on any atom is -0.494 e. The average Bonchev–Trinajstić information content (AvgIpc) is 1.94. The van der Waals surface area contributed by atoms with Gasteiger partial charge in [-0.3, -0.25) is 0 Å². The summed E-state index contributed by atoms with van der Waals surface area (Å²) in [5, 5.41) is 0. The van der Waals surface area contributed by atoms with Crippen molar-refractivity contribution in [1.29, 1.82) is 0 Å². The number of hydrogen-bond donors (Lipinski definition) is 0. The lowest BCUT2D eigenvalue weighted by Crippen LogP contribution is -1.87. The number of benzene rings is 1. The van der Waals surface area contributed by atoms with Crippen LogP contribution in [0, 0.1) is 11.6 Å². The Balaban J connectivity index is 3.09. The largest absolute Gasteiger partial charge is 0.494 e. The molecule has 0 aliphatic rings. The molecule has 0 radical (unpaired) electrons. The van der Waals surface area contributed by atoms with E-state index in [9.17, 15) is 8.78 Å². The van der Waals surface area contributed by atoms with E-state index in [1.807, 2.05) is 0 Å². The maximum Gasteiger partial charge on any atom is 0.165 e. The van der Waals surface area contributed by atoms with Crippen LogP contribution in [0.3, 0.4) is 0 Å². The summed E-state index contributed by atoms with van der Waals surface area (Å²) in [6.07, 6.45) is 0. The molecule has 0 aliphatic heterocycles. The van der Waals surface area contributed by atoms with E-state index in [1.54, 1.807) is 0 Å². The highest BCUT2D eigenvalue weighted by Gasteiger charge is 2.01. The minimum absolute atomic E-state index is 0.0694. The van der Waals surface area contributed by atoms with Crippen molar-refractivity contribution in [3.63, 3.8) is 0 Å². The van der Waals surface area contributed by atoms with Gasteiger partial charge in [-0.2, -0.15) is 0 Å². The number of ether oxygens (including phenoxy) is 1. The van der Waals surface area contributed by atoms with Gasteiger partial charge in [0.25, 0.3) is 0 Å². The van der Waals surface area contributed by atoms with E-state index in [0.29, 0.717) is 0 Å². The molecule has 0 amide bonds. The Hall–Kier alpha value is -1.12. The molecule has 1 aromatic carbocycles. The predicted octanol–water partition coefficient (Wildman–Crippen LogP) is 1.97. The monoisotopic (exact) mass is 144 g/mol. The zero-order valence-corrected chi connectivity index (χ0v) is 5.40. The predicted molar refractivity (Wildman–Crippen MR) is 32.9 cm³/mol. The fourth-order valence-corrected chi connectivity index (χ4v) is 0.634. The highest BCUT2D eigenvalue weighted by Crippen LogP contribution is 2.16. The molecule has 0 bridgehead atoms. The van der Waals surface area contributed by atoms with E-state index in [1.165, 1.54) is 7.11 Å². The van der Waals surface area contributed by atoms with E-state index < -0.39 is 11.6 Å². The lowest BCUT2D eigenvalue weighted by Gasteiger charge is -1.99. The normalized spacial score (nSPS) is 9.50. The van der Waals surface area contributed by atoms with Crippen LogP contribution in [0.5, 0.6) is 5.75 Å². The maximum atomic E-state index is 12.5. The summed E-state index contributed by atoms with van der Waals surface area (Å²) < 4.78 is 29.3. The topological polar surface area (TPSA) is 9.23 Å². The maximum absolute atomic E-state index is 12.5. The SMILES string of the molecule is COc1cc(F)ccc1F. The fourth-order valence-electron chi connectivity index (χ4n) is 0.634. The second-order valence-corrected chi connectivity index (χ2v) is 1.78. The summed E-state index contributed by atoms with van der Waals surface area (Å²) >= 11 is 0. The second-order valence-electron chi connectivity index (χ2n) is 1.78. The zero-order chi connectivity index (χ0) is 7.56. The molecule has 1 nitrogen and oxygen atoms in total. The van der Waals surface area contributed by atoms with Gasteiger partial charge in [0.2, 0.25) is 0 Å². The molecule has 54 valence electrons. The van der Waals surface area contributed by atoms with Gasteiger partial charge < -0.3 is 4.74 Å². The molecular formula is C7H6F2O. The molecule has 0 unspecified atom stereocenters. The van der Waals surface area contributed by atoms with E-state index in [-0.39, 0.29) is 5.75 Å². The Morgan fingerprint density at radius 3 is 2.50 bits per heavy atom. The lowest BCUT2D eigenvalue weighted by molar-refractivity contribution is 0.383. The molecule has 3 heteroatoms. The molecule has 0 spiro atoms. The third-order valence-electron chi connectivity index (χ3n) is 1.11. The number of rotatable bonds is 1. The standard InChI is InChI=1S/C7H6F2O/c1-10-7-4-5(8)2-3-6(7)9/h2-4H,1H3. The van der Waals surface area contributed by atoms with Gasteiger partial charge in [0.15, 0.2) is 11.6 Å². The van der Waals surface area contributed by atoms with Crippen molar-refractivity contribution in [3.05, 3.63) is 29.8 Å². The van der Waals surface area contributed by atoms with Gasteiger partial charge >= 0.3 is 0 Å². The van der Waals surface area contributed by atoms with Crippen LogP contribution in [0.1, 0.15) is 0 Å². The van der Waals surface area contributed by atoms with Crippen molar-refractivity contribution in [3.8, 4) is 5.75 Å². The van der Waals surface area contributed by atoms with Crippen molar-refractivity contribution < 1.29 is 13.5 Å². The van der Waals surface area contributed by atoms with Crippen molar-refractivity contribution in [2.45, 2.75) is 0 Å². The van der Waals surface area contributed by atoms with Gasteiger partial charge in [0.05, 0.1) is 7.11 Å². The van der Waals surface area contributed by atoms with Crippen LogP contribution >= 0.6 is 0 Å². The molecular weight excluding hydrogens is 138 g/mol. The third kappa shape index (κ3) is 1.23. The van der Waals surface area contributed by atoms with Crippen LogP contribution in [0.2, 0.25) is 0 Å². The molecule has 0 aromatic heterocycles. The van der Waals surface area contributed by atoms with Crippen molar-refractivity contribution in [2.75, 3.05) is 7.11 Å². The summed E-state index contributed by atoms with van der Waals surface area (Å²) in [5.41, 5.74) is 0. The van der Waals surface area contributed by atoms with Gasteiger partial charge in [0, 0.05) is 6.07 Å². The molecule has 0 heterocycles. The quantitative estimate of drug-likeness (QED) is 0.585. The molecule has 0 aliphatic carbocycles. The molecule has 1 rings (SSSR count). The van der Waals surface area contributed by atoms with Crippen LogP contribution in [0.15, 0.2) is 18.2 Å².